The van der Waals surface area contributed by atoms with Crippen molar-refractivity contribution in [2.45, 2.75) is 19.6 Å². The number of hydrogen-bond donors (Lipinski definition) is 1. The van der Waals surface area contributed by atoms with Gasteiger partial charge in [0, 0.05) is 49.2 Å². The van der Waals surface area contributed by atoms with Gasteiger partial charge in [0.25, 0.3) is 5.56 Å². The Labute approximate surface area is 202 Å². The summed E-state index contributed by atoms with van der Waals surface area (Å²) < 4.78 is 3.54. The second-order valence-corrected chi connectivity index (χ2v) is 8.27. The molecular formula is C26H21ClN6O. The number of halogens is 1. The van der Waals surface area contributed by atoms with Gasteiger partial charge in [-0.05, 0) is 41.5 Å². The van der Waals surface area contributed by atoms with Crippen LogP contribution in [0.3, 0.4) is 0 Å². The van der Waals surface area contributed by atoms with E-state index in [0.29, 0.717) is 30.2 Å². The molecule has 0 amide bonds. The quantitative estimate of drug-likeness (QED) is 0.442. The molecule has 2 aromatic carbocycles. The molecule has 2 heterocycles. The average molecular weight is 469 g/mol. The number of nitriles is 2. The van der Waals surface area contributed by atoms with E-state index in [2.05, 4.69) is 16.4 Å². The summed E-state index contributed by atoms with van der Waals surface area (Å²) in [6.45, 7) is 1.56. The van der Waals surface area contributed by atoms with E-state index >= 15 is 0 Å². The van der Waals surface area contributed by atoms with Crippen molar-refractivity contribution in [3.05, 3.63) is 111 Å². The summed E-state index contributed by atoms with van der Waals surface area (Å²) in [7, 11) is 1.67. The number of hydrogen-bond acceptors (Lipinski definition) is 5. The SMILES string of the molecule is Cn1c(CNCc2cncn2Cc2ccc(C#N)cc2)c(-c2cccc(Cl)c2)cc(C#N)c1=O. The van der Waals surface area contributed by atoms with Crippen LogP contribution in [-0.2, 0) is 26.7 Å². The Hall–Kier alpha value is -4.17. The van der Waals surface area contributed by atoms with Crippen LogP contribution in [0.2, 0.25) is 5.02 Å². The lowest BCUT2D eigenvalue weighted by Crippen LogP contribution is -2.27. The van der Waals surface area contributed by atoms with Crippen LogP contribution < -0.4 is 10.9 Å². The molecule has 4 rings (SSSR count). The molecule has 4 aromatic rings. The van der Waals surface area contributed by atoms with Gasteiger partial charge in [-0.15, -0.1) is 0 Å². The first kappa shape index (κ1) is 23.0. The molecule has 0 fully saturated rings. The van der Waals surface area contributed by atoms with Gasteiger partial charge in [0.15, 0.2) is 0 Å². The van der Waals surface area contributed by atoms with Gasteiger partial charge in [0.05, 0.1) is 23.7 Å². The van der Waals surface area contributed by atoms with Crippen LogP contribution in [0.4, 0.5) is 0 Å². The molecule has 1 N–H and O–H groups in total. The Morgan fingerprint density at radius 3 is 2.56 bits per heavy atom. The number of imidazole rings is 1. The Morgan fingerprint density at radius 2 is 1.85 bits per heavy atom. The van der Waals surface area contributed by atoms with Crippen LogP contribution >= 0.6 is 11.6 Å². The summed E-state index contributed by atoms with van der Waals surface area (Å²) >= 11 is 6.19. The number of pyridine rings is 1. The summed E-state index contributed by atoms with van der Waals surface area (Å²) in [5, 5.41) is 22.4. The Bertz CT molecular complexity index is 1470. The standard InChI is InChI=1S/C26H21ClN6O/c1-32-25(24(10-21(12-29)26(32)34)20-3-2-4-22(27)9-20)15-30-13-23-14-31-17-33(23)16-19-7-5-18(11-28)6-8-19/h2-10,14,17,30H,13,15-16H2,1H3. The summed E-state index contributed by atoms with van der Waals surface area (Å²) in [5.74, 6) is 0. The molecule has 0 spiro atoms. The van der Waals surface area contributed by atoms with Crippen LogP contribution in [0.1, 0.15) is 28.1 Å². The van der Waals surface area contributed by atoms with Crippen molar-refractivity contribution in [1.82, 2.24) is 19.4 Å². The third-order valence-electron chi connectivity index (χ3n) is 5.63. The fraction of sp³-hybridized carbons (Fsp3) is 0.154. The number of nitrogens with one attached hydrogen (secondary N) is 1. The molecule has 7 nitrogen and oxygen atoms in total. The average Bonchev–Trinajstić information content (AvgIpc) is 3.29. The third-order valence-corrected chi connectivity index (χ3v) is 5.86. The van der Waals surface area contributed by atoms with Gasteiger partial charge in [-0.3, -0.25) is 4.79 Å². The normalized spacial score (nSPS) is 10.6. The molecule has 34 heavy (non-hydrogen) atoms. The van der Waals surface area contributed by atoms with Gasteiger partial charge in [-0.1, -0.05) is 35.9 Å². The minimum absolute atomic E-state index is 0.0849. The summed E-state index contributed by atoms with van der Waals surface area (Å²) in [4.78, 5) is 16.9. The highest BCUT2D eigenvalue weighted by atomic mass is 35.5. The van der Waals surface area contributed by atoms with E-state index < -0.39 is 0 Å². The predicted molar refractivity (Wildman–Crippen MR) is 130 cm³/mol. The molecule has 168 valence electrons. The third kappa shape index (κ3) is 4.92. The molecule has 0 unspecified atom stereocenters. The van der Waals surface area contributed by atoms with Crippen molar-refractivity contribution in [3.63, 3.8) is 0 Å². The lowest BCUT2D eigenvalue weighted by molar-refractivity contribution is 0.610. The van der Waals surface area contributed by atoms with Crippen molar-refractivity contribution in [3.8, 4) is 23.3 Å². The molecule has 0 bridgehead atoms. The van der Waals surface area contributed by atoms with Crippen LogP contribution in [0.15, 0.2) is 71.9 Å². The smallest absolute Gasteiger partial charge is 0.268 e. The summed E-state index contributed by atoms with van der Waals surface area (Å²) in [6, 6.07) is 20.5. The molecule has 0 saturated heterocycles. The fourth-order valence-electron chi connectivity index (χ4n) is 3.80. The zero-order valence-electron chi connectivity index (χ0n) is 18.5. The van der Waals surface area contributed by atoms with E-state index in [1.807, 2.05) is 41.0 Å². The maximum atomic E-state index is 12.6. The minimum atomic E-state index is -0.337. The molecule has 8 heteroatoms. The van der Waals surface area contributed by atoms with E-state index in [-0.39, 0.29) is 11.1 Å². The fourth-order valence-corrected chi connectivity index (χ4v) is 3.99. The van der Waals surface area contributed by atoms with Crippen molar-refractivity contribution in [2.24, 2.45) is 7.05 Å². The highest BCUT2D eigenvalue weighted by Crippen LogP contribution is 2.26. The highest BCUT2D eigenvalue weighted by Gasteiger charge is 2.15. The topological polar surface area (TPSA) is 99.4 Å². The van der Waals surface area contributed by atoms with E-state index in [0.717, 1.165) is 28.1 Å². The van der Waals surface area contributed by atoms with Crippen molar-refractivity contribution in [1.29, 1.82) is 10.5 Å². The molecule has 0 aliphatic carbocycles. The van der Waals surface area contributed by atoms with Crippen molar-refractivity contribution >= 4 is 11.6 Å². The first-order chi connectivity index (χ1) is 16.5. The predicted octanol–water partition coefficient (Wildman–Crippen LogP) is 3.98. The molecule has 2 aromatic heterocycles. The number of benzene rings is 2. The number of aromatic nitrogens is 3. The minimum Gasteiger partial charge on any atom is -0.329 e. The molecule has 0 aliphatic rings. The second-order valence-electron chi connectivity index (χ2n) is 7.83. The zero-order valence-corrected chi connectivity index (χ0v) is 19.3. The number of nitrogens with zero attached hydrogens (tertiary/aromatic N) is 5. The van der Waals surface area contributed by atoms with Crippen molar-refractivity contribution in [2.75, 3.05) is 0 Å². The summed E-state index contributed by atoms with van der Waals surface area (Å²) in [5.41, 5.74) is 4.78. The number of rotatable bonds is 7. The van der Waals surface area contributed by atoms with Crippen molar-refractivity contribution < 1.29 is 0 Å². The molecule has 0 atom stereocenters. The lowest BCUT2D eigenvalue weighted by atomic mass is 10.0. The van der Waals surface area contributed by atoms with Crippen LogP contribution in [-0.4, -0.2) is 14.1 Å². The largest absolute Gasteiger partial charge is 0.329 e. The van der Waals surface area contributed by atoms with Gasteiger partial charge in [0.1, 0.15) is 11.6 Å². The maximum Gasteiger partial charge on any atom is 0.268 e. The van der Waals surface area contributed by atoms with Gasteiger partial charge >= 0.3 is 0 Å². The first-order valence-electron chi connectivity index (χ1n) is 10.6. The van der Waals surface area contributed by atoms with E-state index in [1.165, 1.54) is 4.57 Å². The van der Waals surface area contributed by atoms with E-state index in [1.54, 1.807) is 43.8 Å². The van der Waals surface area contributed by atoms with E-state index in [9.17, 15) is 10.1 Å². The highest BCUT2D eigenvalue weighted by molar-refractivity contribution is 6.30. The first-order valence-corrected chi connectivity index (χ1v) is 11.0. The molecule has 0 radical (unpaired) electrons. The Balaban J connectivity index is 1.55. The molecule has 0 aliphatic heterocycles. The second kappa shape index (κ2) is 10.2. The maximum absolute atomic E-state index is 12.6. The van der Waals surface area contributed by atoms with E-state index in [4.69, 9.17) is 16.9 Å². The zero-order chi connectivity index (χ0) is 24.1. The van der Waals surface area contributed by atoms with Gasteiger partial charge in [0.2, 0.25) is 0 Å². The van der Waals surface area contributed by atoms with Crippen LogP contribution in [0.25, 0.3) is 11.1 Å². The molecule has 0 saturated carbocycles. The van der Waals surface area contributed by atoms with Crippen LogP contribution in [0.5, 0.6) is 0 Å². The van der Waals surface area contributed by atoms with Gasteiger partial charge in [-0.25, -0.2) is 4.98 Å². The van der Waals surface area contributed by atoms with Gasteiger partial charge in [-0.2, -0.15) is 10.5 Å². The Morgan fingerprint density at radius 1 is 1.06 bits per heavy atom. The molecular weight excluding hydrogens is 448 g/mol. The summed E-state index contributed by atoms with van der Waals surface area (Å²) in [6.07, 6.45) is 3.57. The monoisotopic (exact) mass is 468 g/mol. The Kier molecular flexibility index (Phi) is 6.89. The van der Waals surface area contributed by atoms with Crippen LogP contribution in [0, 0.1) is 22.7 Å². The van der Waals surface area contributed by atoms with Gasteiger partial charge < -0.3 is 14.5 Å². The lowest BCUT2D eigenvalue weighted by Gasteiger charge is -2.16.